The number of allylic oxidation sites excluding steroid dienone is 1. The van der Waals surface area contributed by atoms with E-state index >= 15 is 0 Å². The monoisotopic (exact) mass is 542 g/mol. The van der Waals surface area contributed by atoms with Crippen molar-refractivity contribution < 1.29 is 13.2 Å². The Morgan fingerprint density at radius 2 is 1.35 bits per heavy atom. The van der Waals surface area contributed by atoms with Crippen molar-refractivity contribution in [2.24, 2.45) is 0 Å². The van der Waals surface area contributed by atoms with Crippen molar-refractivity contribution in [1.29, 1.82) is 0 Å². The van der Waals surface area contributed by atoms with E-state index in [0.717, 1.165) is 30.9 Å². The molecule has 4 heteroatoms. The van der Waals surface area contributed by atoms with Crippen LogP contribution >= 0.6 is 0 Å². The van der Waals surface area contributed by atoms with Crippen molar-refractivity contribution in [2.45, 2.75) is 105 Å². The minimum atomic E-state index is -4.37. The summed E-state index contributed by atoms with van der Waals surface area (Å²) in [5, 5.41) is 0. The van der Waals surface area contributed by atoms with E-state index in [4.69, 9.17) is 0 Å². The number of rotatable bonds is 13. The van der Waals surface area contributed by atoms with E-state index in [9.17, 15) is 13.2 Å². The number of hydrogen-bond donors (Lipinski definition) is 0. The predicted octanol–water partition coefficient (Wildman–Crippen LogP) is 9.56. The normalized spacial score (nSPS) is 12.5. The average Bonchev–Trinajstić information content (AvgIpc) is 2.76. The zero-order chi connectivity index (χ0) is 23.2. The summed E-state index contributed by atoms with van der Waals surface area (Å²) in [6.45, 7) is 8.93. The maximum atomic E-state index is 13.4. The van der Waals surface area contributed by atoms with Gasteiger partial charge in [0.2, 0.25) is 0 Å². The number of unbranched alkanes of at least 4 members (excludes halogenated alkanes) is 4. The van der Waals surface area contributed by atoms with Gasteiger partial charge in [0.05, 0.1) is 0 Å². The van der Waals surface area contributed by atoms with Crippen LogP contribution in [-0.4, -0.2) is 18.4 Å². The van der Waals surface area contributed by atoms with Crippen LogP contribution in [0.15, 0.2) is 33.9 Å². The molecule has 1 aromatic carbocycles. The van der Waals surface area contributed by atoms with Crippen molar-refractivity contribution in [3.8, 4) is 11.8 Å². The van der Waals surface area contributed by atoms with Crippen molar-refractivity contribution in [1.82, 2.24) is 0 Å². The molecule has 0 radical (unpaired) electrons. The van der Waals surface area contributed by atoms with Crippen LogP contribution in [0.5, 0.6) is 0 Å². The van der Waals surface area contributed by atoms with Crippen LogP contribution in [0.2, 0.25) is 13.3 Å². The van der Waals surface area contributed by atoms with Crippen molar-refractivity contribution in [3.05, 3.63) is 45.1 Å². The molecule has 0 aliphatic carbocycles. The summed E-state index contributed by atoms with van der Waals surface area (Å²) >= 11 is -2.55. The summed E-state index contributed by atoms with van der Waals surface area (Å²) in [7, 11) is 0. The molecule has 0 nitrogen and oxygen atoms in total. The molecule has 0 spiro atoms. The first-order chi connectivity index (χ1) is 14.8. The fourth-order valence-corrected chi connectivity index (χ4v) is 19.2. The van der Waals surface area contributed by atoms with Crippen LogP contribution in [0.4, 0.5) is 13.2 Å². The Kier molecular flexibility index (Phi) is 13.7. The first kappa shape index (κ1) is 28.1. The Labute approximate surface area is 193 Å². The number of hydrogen-bond acceptors (Lipinski definition) is 0. The molecule has 0 aliphatic heterocycles. The van der Waals surface area contributed by atoms with Crippen LogP contribution in [0.3, 0.4) is 0 Å². The molecule has 31 heavy (non-hydrogen) atoms. The second kappa shape index (κ2) is 15.0. The van der Waals surface area contributed by atoms with E-state index in [1.807, 2.05) is 0 Å². The Morgan fingerprint density at radius 1 is 0.839 bits per heavy atom. The first-order valence-electron chi connectivity index (χ1n) is 12.2. The van der Waals surface area contributed by atoms with Gasteiger partial charge in [0.25, 0.3) is 0 Å². The second-order valence-corrected chi connectivity index (χ2v) is 21.6. The van der Waals surface area contributed by atoms with Gasteiger partial charge in [-0.25, -0.2) is 0 Å². The van der Waals surface area contributed by atoms with Gasteiger partial charge in [-0.05, 0) is 0 Å². The molecule has 0 amide bonds. The fraction of sp³-hybridized carbons (Fsp3) is 0.630. The van der Waals surface area contributed by atoms with Crippen molar-refractivity contribution >= 4 is 18.4 Å². The van der Waals surface area contributed by atoms with Gasteiger partial charge in [-0.15, -0.1) is 0 Å². The Hall–Kier alpha value is -0.891. The van der Waals surface area contributed by atoms with Gasteiger partial charge in [0.15, 0.2) is 0 Å². The molecule has 0 aromatic heterocycles. The standard InChI is InChI=1S/C15H14F3.3C4H9.Sn/c1-3-4-7-12(2)10-11-13-8-5-6-9-14(13)15(16,17)18;3*1-3-4-2;/h2,5-6,8-9H,3-4,7H2,1H3;3*1,3-4H2,2H3;. The van der Waals surface area contributed by atoms with Gasteiger partial charge in [-0.1, -0.05) is 0 Å². The molecule has 1 aromatic rings. The average molecular weight is 541 g/mol. The topological polar surface area (TPSA) is 0 Å². The Morgan fingerprint density at radius 3 is 1.84 bits per heavy atom. The van der Waals surface area contributed by atoms with Gasteiger partial charge in [-0.2, -0.15) is 0 Å². The van der Waals surface area contributed by atoms with E-state index < -0.39 is 30.1 Å². The molecule has 0 N–H and O–H groups in total. The van der Waals surface area contributed by atoms with E-state index in [1.165, 1.54) is 64.0 Å². The van der Waals surface area contributed by atoms with E-state index in [-0.39, 0.29) is 5.56 Å². The number of benzene rings is 1. The van der Waals surface area contributed by atoms with E-state index in [1.54, 1.807) is 6.07 Å². The Bertz CT molecular complexity index is 700. The van der Waals surface area contributed by atoms with Gasteiger partial charge in [-0.3, -0.25) is 0 Å². The summed E-state index contributed by atoms with van der Waals surface area (Å²) < 4.78 is 46.8. The molecular weight excluding hydrogens is 500 g/mol. The molecule has 0 aliphatic rings. The summed E-state index contributed by atoms with van der Waals surface area (Å²) in [5.41, 5.74) is 0.571. The summed E-state index contributed by atoms with van der Waals surface area (Å²) in [6.07, 6.45) is 6.06. The first-order valence-corrected chi connectivity index (χ1v) is 19.9. The van der Waals surface area contributed by atoms with Crippen LogP contribution in [0.1, 0.15) is 96.6 Å². The number of halogens is 3. The minimum absolute atomic E-state index is 0.0915. The second-order valence-electron chi connectivity index (χ2n) is 8.74. The van der Waals surface area contributed by atoms with Crippen LogP contribution in [0.25, 0.3) is 0 Å². The third kappa shape index (κ3) is 10.5. The quantitative estimate of drug-likeness (QED) is 0.172. The van der Waals surface area contributed by atoms with Crippen LogP contribution < -0.4 is 0 Å². The molecule has 0 fully saturated rings. The van der Waals surface area contributed by atoms with Crippen molar-refractivity contribution in [3.63, 3.8) is 0 Å². The Balaban J connectivity index is 3.41. The van der Waals surface area contributed by atoms with Gasteiger partial charge in [0.1, 0.15) is 0 Å². The molecular formula is C27H41F3Sn. The SMILES string of the molecule is CCCC/C(C#Cc1ccccc1C(F)(F)F)=[CH]\[Sn]([CH2]CCC)([CH2]CCC)[CH2]CCC. The van der Waals surface area contributed by atoms with Crippen LogP contribution in [-0.2, 0) is 6.18 Å². The third-order valence-electron chi connectivity index (χ3n) is 5.95. The van der Waals surface area contributed by atoms with E-state index in [2.05, 4.69) is 43.6 Å². The molecule has 0 saturated carbocycles. The van der Waals surface area contributed by atoms with Gasteiger partial charge < -0.3 is 0 Å². The summed E-state index contributed by atoms with van der Waals surface area (Å²) in [5.74, 6) is 6.15. The van der Waals surface area contributed by atoms with Crippen molar-refractivity contribution in [2.75, 3.05) is 0 Å². The molecule has 0 unspecified atom stereocenters. The molecule has 174 valence electrons. The van der Waals surface area contributed by atoms with Crippen LogP contribution in [0, 0.1) is 11.8 Å². The molecule has 0 heterocycles. The predicted molar refractivity (Wildman–Crippen MR) is 131 cm³/mol. The molecule has 0 saturated heterocycles. The number of alkyl halides is 3. The molecule has 0 bridgehead atoms. The zero-order valence-electron chi connectivity index (χ0n) is 20.0. The fourth-order valence-electron chi connectivity index (χ4n) is 4.07. The molecule has 0 atom stereocenters. The zero-order valence-corrected chi connectivity index (χ0v) is 22.9. The van der Waals surface area contributed by atoms with Gasteiger partial charge in [0, 0.05) is 0 Å². The van der Waals surface area contributed by atoms with E-state index in [0.29, 0.717) is 0 Å². The molecule has 1 rings (SSSR count). The summed E-state index contributed by atoms with van der Waals surface area (Å²) in [4.78, 5) is 0. The third-order valence-corrected chi connectivity index (χ3v) is 20.3. The summed E-state index contributed by atoms with van der Waals surface area (Å²) in [6, 6.07) is 5.70. The maximum absolute atomic E-state index is 13.4. The van der Waals surface area contributed by atoms with Gasteiger partial charge >= 0.3 is 193 Å².